The topological polar surface area (TPSA) is 358 Å². The number of aliphatic carboxylic acids is 1. The second-order valence-electron chi connectivity index (χ2n) is 10.1. The van der Waals surface area contributed by atoms with Gasteiger partial charge in [0.05, 0.1) is 31.5 Å². The van der Waals surface area contributed by atoms with Crippen molar-refractivity contribution in [2.75, 3.05) is 6.54 Å². The highest BCUT2D eigenvalue weighted by molar-refractivity contribution is 5.97. The number of nitrogens with two attached hydrogens (primary N) is 4. The van der Waals surface area contributed by atoms with Gasteiger partial charge in [0.25, 0.3) is 0 Å². The van der Waals surface area contributed by atoms with Gasteiger partial charge < -0.3 is 59.7 Å². The molecule has 0 spiro atoms. The molecule has 0 fully saturated rings. The molecule has 0 bridgehead atoms. The monoisotopic (exact) mass is 631 g/mol. The largest absolute Gasteiger partial charge is 0.480 e. The minimum Gasteiger partial charge on any atom is -0.480 e. The van der Waals surface area contributed by atoms with E-state index in [-0.39, 0.29) is 12.8 Å². The molecule has 20 nitrogen and oxygen atoms in total. The van der Waals surface area contributed by atoms with Gasteiger partial charge in [-0.15, -0.1) is 0 Å². The summed E-state index contributed by atoms with van der Waals surface area (Å²) in [5, 5.41) is 30.0. The van der Waals surface area contributed by atoms with Crippen LogP contribution >= 0.6 is 0 Å². The molecule has 0 aromatic heterocycles. The van der Waals surface area contributed by atoms with Gasteiger partial charge >= 0.3 is 5.97 Å². The number of primary amides is 3. The average Bonchev–Trinajstić information content (AvgIpc) is 2.89. The van der Waals surface area contributed by atoms with Crippen LogP contribution in [-0.2, 0) is 43.2 Å². The molecule has 0 aliphatic carbocycles. The summed E-state index contributed by atoms with van der Waals surface area (Å²) >= 11 is 0. The Labute approximate surface area is 251 Å². The highest BCUT2D eigenvalue weighted by Gasteiger charge is 2.33. The Morgan fingerprint density at radius 2 is 1.18 bits per heavy atom. The van der Waals surface area contributed by atoms with Gasteiger partial charge in [0.1, 0.15) is 24.2 Å². The first-order chi connectivity index (χ1) is 20.3. The first kappa shape index (κ1) is 39.1. The Balaban J connectivity index is 5.42. The number of carbonyl (C=O) groups excluding carboxylic acids is 8. The molecule has 0 saturated carbocycles. The van der Waals surface area contributed by atoms with E-state index in [9.17, 15) is 48.3 Å². The molecule has 0 aliphatic rings. The molecule has 8 amide bonds. The zero-order valence-electron chi connectivity index (χ0n) is 24.5. The maximum Gasteiger partial charge on any atom is 0.326 e. The van der Waals surface area contributed by atoms with Crippen LogP contribution in [0, 0.1) is 5.92 Å². The molecule has 0 unspecified atom stereocenters. The van der Waals surface area contributed by atoms with Gasteiger partial charge in [0.2, 0.25) is 47.3 Å². The third-order valence-corrected chi connectivity index (χ3v) is 5.85. The lowest BCUT2D eigenvalue weighted by Gasteiger charge is -2.26. The number of carboxylic acid groups (broad SMARTS) is 1. The molecule has 0 saturated heterocycles. The van der Waals surface area contributed by atoms with Crippen molar-refractivity contribution < 1.29 is 53.4 Å². The second kappa shape index (κ2) is 18.6. The van der Waals surface area contributed by atoms with Crippen LogP contribution in [-0.4, -0.2) is 106 Å². The zero-order valence-corrected chi connectivity index (χ0v) is 24.5. The molecule has 248 valence electrons. The fourth-order valence-corrected chi connectivity index (χ4v) is 3.48. The summed E-state index contributed by atoms with van der Waals surface area (Å²) in [6.45, 7) is 3.41. The third kappa shape index (κ3) is 14.9. The number of rotatable bonds is 20. The molecular formula is C24H41N9O11. The van der Waals surface area contributed by atoms with Crippen molar-refractivity contribution in [3.8, 4) is 0 Å². The van der Waals surface area contributed by atoms with Crippen molar-refractivity contribution in [2.45, 2.75) is 82.8 Å². The Bertz CT molecular complexity index is 1110. The molecule has 20 heteroatoms. The number of carboxylic acids is 1. The van der Waals surface area contributed by atoms with Gasteiger partial charge in [-0.2, -0.15) is 0 Å². The van der Waals surface area contributed by atoms with Crippen molar-refractivity contribution in [3.63, 3.8) is 0 Å². The van der Waals surface area contributed by atoms with E-state index in [1.807, 2.05) is 5.32 Å². The number of nitrogens with one attached hydrogen (secondary N) is 5. The highest BCUT2D eigenvalue weighted by atomic mass is 16.4. The maximum absolute atomic E-state index is 12.9. The van der Waals surface area contributed by atoms with Crippen LogP contribution in [0.1, 0.15) is 46.5 Å². The molecule has 0 heterocycles. The van der Waals surface area contributed by atoms with E-state index in [0.717, 1.165) is 6.92 Å². The minimum absolute atomic E-state index is 0.143. The summed E-state index contributed by atoms with van der Waals surface area (Å²) < 4.78 is 0. The second-order valence-corrected chi connectivity index (χ2v) is 10.1. The van der Waals surface area contributed by atoms with E-state index < -0.39 is 115 Å². The number of amides is 8. The maximum atomic E-state index is 12.9. The lowest BCUT2D eigenvalue weighted by Crippen LogP contribution is -2.59. The van der Waals surface area contributed by atoms with Crippen LogP contribution in [0.2, 0.25) is 0 Å². The lowest BCUT2D eigenvalue weighted by molar-refractivity contribution is -0.144. The summed E-state index contributed by atoms with van der Waals surface area (Å²) in [7, 11) is 0. The highest BCUT2D eigenvalue weighted by Crippen LogP contribution is 2.05. The van der Waals surface area contributed by atoms with Gasteiger partial charge in [-0.05, 0) is 19.3 Å². The summed E-state index contributed by atoms with van der Waals surface area (Å²) in [4.78, 5) is 108. The Morgan fingerprint density at radius 3 is 1.64 bits per heavy atom. The normalized spacial score (nSPS) is 14.9. The van der Waals surface area contributed by atoms with E-state index in [4.69, 9.17) is 28.0 Å². The number of aliphatic hydroxyl groups is 1. The first-order valence-electron chi connectivity index (χ1n) is 13.3. The molecule has 0 aromatic rings. The predicted molar refractivity (Wildman–Crippen MR) is 149 cm³/mol. The van der Waals surface area contributed by atoms with Crippen LogP contribution in [0.5, 0.6) is 0 Å². The Kier molecular flexibility index (Phi) is 16.6. The van der Waals surface area contributed by atoms with Gasteiger partial charge in [-0.25, -0.2) is 4.79 Å². The fraction of sp³-hybridized carbons (Fsp3) is 0.625. The standard InChI is InChI=1S/C24H41N9O11/c1-9(2)18(33-21(40)12(6-15(27)36)30-20(39)11(25)4-5-14(26)35)22(41)29-8-17(38)32-19(10(3)34)23(42)31-13(24(43)44)7-16(28)37/h9-13,18-19,34H,4-8,25H2,1-3H3,(H2,26,35)(H2,27,36)(H2,28,37)(H,29,41)(H,30,39)(H,31,42)(H,32,38)(H,33,40)(H,43,44)/t10-,11+,12+,13+,18+,19+/m1/s1. The molecule has 0 aromatic carbocycles. The zero-order chi connectivity index (χ0) is 34.3. The van der Waals surface area contributed by atoms with Crippen molar-refractivity contribution in [1.29, 1.82) is 0 Å². The molecule has 0 aliphatic heterocycles. The van der Waals surface area contributed by atoms with Crippen LogP contribution in [0.3, 0.4) is 0 Å². The summed E-state index contributed by atoms with van der Waals surface area (Å²) in [5.41, 5.74) is 20.8. The van der Waals surface area contributed by atoms with E-state index in [0.29, 0.717) is 0 Å². The number of hydrogen-bond acceptors (Lipinski definition) is 11. The van der Waals surface area contributed by atoms with E-state index in [1.54, 1.807) is 0 Å². The van der Waals surface area contributed by atoms with Crippen LogP contribution in [0.4, 0.5) is 0 Å². The summed E-state index contributed by atoms with van der Waals surface area (Å²) in [6.07, 6.45) is -3.32. The lowest BCUT2D eigenvalue weighted by atomic mass is 10.0. The van der Waals surface area contributed by atoms with Crippen molar-refractivity contribution in [1.82, 2.24) is 26.6 Å². The first-order valence-corrected chi connectivity index (χ1v) is 13.3. The number of carbonyl (C=O) groups is 9. The van der Waals surface area contributed by atoms with Gasteiger partial charge in [-0.3, -0.25) is 38.4 Å². The quantitative estimate of drug-likeness (QED) is 0.0597. The molecule has 6 atom stereocenters. The fourth-order valence-electron chi connectivity index (χ4n) is 3.48. The van der Waals surface area contributed by atoms with Gasteiger partial charge in [-0.1, -0.05) is 13.8 Å². The van der Waals surface area contributed by atoms with Crippen LogP contribution in [0.25, 0.3) is 0 Å². The number of aliphatic hydroxyl groups excluding tert-OH is 1. The SMILES string of the molecule is CC(C)[C@H](NC(=O)[C@H](CC(N)=O)NC(=O)[C@@H](N)CCC(N)=O)C(=O)NCC(=O)N[C@H](C(=O)N[C@@H](CC(N)=O)C(=O)O)[C@@H](C)O. The molecule has 15 N–H and O–H groups in total. The van der Waals surface area contributed by atoms with Crippen molar-refractivity contribution in [3.05, 3.63) is 0 Å². The third-order valence-electron chi connectivity index (χ3n) is 5.85. The Morgan fingerprint density at radius 1 is 0.659 bits per heavy atom. The van der Waals surface area contributed by atoms with E-state index in [1.165, 1.54) is 13.8 Å². The molecule has 0 rings (SSSR count). The smallest absolute Gasteiger partial charge is 0.326 e. The summed E-state index contributed by atoms with van der Waals surface area (Å²) in [5.74, 6) is -9.84. The molecule has 44 heavy (non-hydrogen) atoms. The van der Waals surface area contributed by atoms with E-state index in [2.05, 4.69) is 21.3 Å². The molecular weight excluding hydrogens is 590 g/mol. The molecule has 0 radical (unpaired) electrons. The average molecular weight is 632 g/mol. The van der Waals surface area contributed by atoms with Gasteiger partial charge in [0.15, 0.2) is 0 Å². The van der Waals surface area contributed by atoms with Crippen LogP contribution < -0.4 is 49.5 Å². The Hall–Kier alpha value is -4.85. The number of hydrogen-bond donors (Lipinski definition) is 11. The van der Waals surface area contributed by atoms with E-state index >= 15 is 0 Å². The van der Waals surface area contributed by atoms with Crippen LogP contribution in [0.15, 0.2) is 0 Å². The van der Waals surface area contributed by atoms with Crippen molar-refractivity contribution in [2.24, 2.45) is 28.9 Å². The van der Waals surface area contributed by atoms with Gasteiger partial charge in [0, 0.05) is 6.42 Å². The predicted octanol–water partition coefficient (Wildman–Crippen LogP) is -6.49. The summed E-state index contributed by atoms with van der Waals surface area (Å²) in [6, 6.07) is -7.54. The minimum atomic E-state index is -1.73. The van der Waals surface area contributed by atoms with Crippen molar-refractivity contribution >= 4 is 53.2 Å².